The van der Waals surface area contributed by atoms with Crippen LogP contribution in [0.5, 0.6) is 0 Å². The molecule has 2 nitrogen and oxygen atoms in total. The summed E-state index contributed by atoms with van der Waals surface area (Å²) in [5, 5.41) is 10.7. The number of ether oxygens (including phenoxy) is 1. The summed E-state index contributed by atoms with van der Waals surface area (Å²) in [7, 11) is 1.80. The van der Waals surface area contributed by atoms with Crippen LogP contribution in [0.25, 0.3) is 0 Å². The average Bonchev–Trinajstić information content (AvgIpc) is 2.59. The molecule has 0 amide bonds. The number of aliphatic hydroxyl groups excluding tert-OH is 1. The molecule has 0 aromatic heterocycles. The molecule has 1 fully saturated rings. The Morgan fingerprint density at radius 3 is 2.36 bits per heavy atom. The molecule has 0 saturated heterocycles. The van der Waals surface area contributed by atoms with Crippen molar-refractivity contribution >= 4 is 0 Å². The second-order valence-electron chi connectivity index (χ2n) is 6.63. The van der Waals surface area contributed by atoms with Crippen LogP contribution in [-0.4, -0.2) is 18.3 Å². The zero-order chi connectivity index (χ0) is 15.9. The van der Waals surface area contributed by atoms with Crippen LogP contribution < -0.4 is 0 Å². The van der Waals surface area contributed by atoms with Crippen LogP contribution in [0.4, 0.5) is 0 Å². The molecule has 0 bridgehead atoms. The highest BCUT2D eigenvalue weighted by Gasteiger charge is 2.35. The highest BCUT2D eigenvalue weighted by Crippen LogP contribution is 2.38. The smallest absolute Gasteiger partial charge is 0.0822 e. The maximum absolute atomic E-state index is 10.7. The number of hydrogen-bond donors (Lipinski definition) is 1. The van der Waals surface area contributed by atoms with Crippen LogP contribution in [0.2, 0.25) is 0 Å². The Bertz CT molecular complexity index is 436. The van der Waals surface area contributed by atoms with Crippen molar-refractivity contribution in [3.8, 4) is 0 Å². The van der Waals surface area contributed by atoms with Gasteiger partial charge < -0.3 is 9.84 Å². The van der Waals surface area contributed by atoms with E-state index in [1.165, 1.54) is 32.1 Å². The van der Waals surface area contributed by atoms with Gasteiger partial charge in [-0.2, -0.15) is 0 Å². The quantitative estimate of drug-likeness (QED) is 0.736. The summed E-state index contributed by atoms with van der Waals surface area (Å²) in [6.07, 6.45) is 8.06. The lowest BCUT2D eigenvalue weighted by atomic mass is 9.74. The van der Waals surface area contributed by atoms with Gasteiger partial charge in [-0.05, 0) is 30.2 Å². The van der Waals surface area contributed by atoms with Gasteiger partial charge in [0.25, 0.3) is 0 Å². The minimum Gasteiger partial charge on any atom is -0.388 e. The van der Waals surface area contributed by atoms with Crippen LogP contribution in [0.3, 0.4) is 0 Å². The van der Waals surface area contributed by atoms with E-state index in [2.05, 4.69) is 13.5 Å². The highest BCUT2D eigenvalue weighted by molar-refractivity contribution is 5.18. The van der Waals surface area contributed by atoms with E-state index in [1.54, 1.807) is 7.11 Å². The maximum Gasteiger partial charge on any atom is 0.0822 e. The van der Waals surface area contributed by atoms with Gasteiger partial charge in [0.2, 0.25) is 0 Å². The average molecular weight is 302 g/mol. The van der Waals surface area contributed by atoms with Crippen molar-refractivity contribution in [2.45, 2.75) is 51.2 Å². The van der Waals surface area contributed by atoms with Gasteiger partial charge in [0.15, 0.2) is 0 Å². The molecular weight excluding hydrogens is 272 g/mol. The molecule has 122 valence electrons. The Kier molecular flexibility index (Phi) is 6.66. The van der Waals surface area contributed by atoms with Crippen molar-refractivity contribution in [1.29, 1.82) is 0 Å². The first-order valence-electron chi connectivity index (χ1n) is 8.57. The van der Waals surface area contributed by atoms with Gasteiger partial charge in [0.05, 0.1) is 12.2 Å². The first kappa shape index (κ1) is 17.2. The lowest BCUT2D eigenvalue weighted by Gasteiger charge is -2.37. The molecule has 1 aliphatic carbocycles. The van der Waals surface area contributed by atoms with Gasteiger partial charge in [-0.1, -0.05) is 62.6 Å². The molecular formula is C20H30O2. The fraction of sp³-hybridized carbons (Fsp3) is 0.600. The molecule has 22 heavy (non-hydrogen) atoms. The molecule has 2 heteroatoms. The van der Waals surface area contributed by atoms with E-state index in [0.717, 1.165) is 5.56 Å². The van der Waals surface area contributed by atoms with Gasteiger partial charge in [0.1, 0.15) is 0 Å². The van der Waals surface area contributed by atoms with Crippen molar-refractivity contribution in [2.24, 2.45) is 17.8 Å². The predicted molar refractivity (Wildman–Crippen MR) is 91.6 cm³/mol. The van der Waals surface area contributed by atoms with Gasteiger partial charge in [-0.3, -0.25) is 0 Å². The zero-order valence-corrected chi connectivity index (χ0v) is 13.9. The van der Waals surface area contributed by atoms with E-state index in [9.17, 15) is 5.11 Å². The maximum atomic E-state index is 10.7. The molecule has 1 aliphatic rings. The van der Waals surface area contributed by atoms with Crippen molar-refractivity contribution < 1.29 is 9.84 Å². The molecule has 0 radical (unpaired) electrons. The fourth-order valence-electron chi connectivity index (χ4n) is 3.94. The molecule has 1 aromatic rings. The summed E-state index contributed by atoms with van der Waals surface area (Å²) < 4.78 is 5.87. The van der Waals surface area contributed by atoms with Crippen molar-refractivity contribution in [3.05, 3.63) is 48.6 Å². The first-order valence-corrected chi connectivity index (χ1v) is 8.57. The minimum atomic E-state index is -0.481. The Morgan fingerprint density at radius 2 is 1.82 bits per heavy atom. The molecule has 4 atom stereocenters. The topological polar surface area (TPSA) is 29.5 Å². The highest BCUT2D eigenvalue weighted by atomic mass is 16.5. The van der Waals surface area contributed by atoms with E-state index in [4.69, 9.17) is 4.74 Å². The number of rotatable bonds is 7. The molecule has 0 unspecified atom stereocenters. The lowest BCUT2D eigenvalue weighted by molar-refractivity contribution is -0.0315. The standard InChI is InChI=1S/C20H30O2/c1-4-18(20(22-3)17-13-9-6-10-14-17)15(2)19(21)16-11-7-5-8-12-16/h4-5,7-8,11-12,15,17-21H,1,6,9-10,13-14H2,2-3H3/t15-,18+,19-,20-/m1/s1. The second-order valence-corrected chi connectivity index (χ2v) is 6.63. The Balaban J connectivity index is 2.12. The number of methoxy groups -OCH3 is 1. The van der Waals surface area contributed by atoms with Crippen molar-refractivity contribution in [1.82, 2.24) is 0 Å². The molecule has 0 aliphatic heterocycles. The normalized spacial score (nSPS) is 21.8. The molecule has 0 spiro atoms. The molecule has 1 N–H and O–H groups in total. The van der Waals surface area contributed by atoms with Crippen molar-refractivity contribution in [2.75, 3.05) is 7.11 Å². The molecule has 2 rings (SSSR count). The van der Waals surface area contributed by atoms with E-state index >= 15 is 0 Å². The summed E-state index contributed by atoms with van der Waals surface area (Å²) in [5.41, 5.74) is 0.973. The Labute approximate surface area is 135 Å². The monoisotopic (exact) mass is 302 g/mol. The van der Waals surface area contributed by atoms with E-state index in [0.29, 0.717) is 5.92 Å². The van der Waals surface area contributed by atoms with Gasteiger partial charge >= 0.3 is 0 Å². The summed E-state index contributed by atoms with van der Waals surface area (Å²) in [5.74, 6) is 0.849. The third kappa shape index (κ3) is 3.99. The number of hydrogen-bond acceptors (Lipinski definition) is 2. The number of aliphatic hydroxyl groups is 1. The molecule has 0 heterocycles. The summed E-state index contributed by atoms with van der Waals surface area (Å²) in [6.45, 7) is 6.14. The summed E-state index contributed by atoms with van der Waals surface area (Å²) >= 11 is 0. The predicted octanol–water partition coefficient (Wildman–Crippen LogP) is 4.75. The van der Waals surface area contributed by atoms with Gasteiger partial charge in [-0.15, -0.1) is 6.58 Å². The Morgan fingerprint density at radius 1 is 1.18 bits per heavy atom. The van der Waals surface area contributed by atoms with Gasteiger partial charge in [0, 0.05) is 13.0 Å². The van der Waals surface area contributed by atoms with Crippen molar-refractivity contribution in [3.63, 3.8) is 0 Å². The van der Waals surface area contributed by atoms with E-state index in [-0.39, 0.29) is 17.9 Å². The number of benzene rings is 1. The van der Waals surface area contributed by atoms with Crippen LogP contribution in [0.15, 0.2) is 43.0 Å². The summed E-state index contributed by atoms with van der Waals surface area (Å²) in [4.78, 5) is 0. The van der Waals surface area contributed by atoms with Crippen LogP contribution in [0, 0.1) is 17.8 Å². The van der Waals surface area contributed by atoms with E-state index in [1.807, 2.05) is 36.4 Å². The Hall–Kier alpha value is -1.12. The third-order valence-electron chi connectivity index (χ3n) is 5.28. The van der Waals surface area contributed by atoms with Crippen LogP contribution in [0.1, 0.15) is 50.7 Å². The summed E-state index contributed by atoms with van der Waals surface area (Å²) in [6, 6.07) is 9.91. The molecule has 1 saturated carbocycles. The van der Waals surface area contributed by atoms with Gasteiger partial charge in [-0.25, -0.2) is 0 Å². The first-order chi connectivity index (χ1) is 10.7. The zero-order valence-electron chi connectivity index (χ0n) is 13.9. The second kappa shape index (κ2) is 8.50. The lowest BCUT2D eigenvalue weighted by Crippen LogP contribution is -2.36. The van der Waals surface area contributed by atoms with Crippen LogP contribution >= 0.6 is 0 Å². The SMILES string of the molecule is C=C[C@@H]([C@@H](C)[C@@H](O)c1ccccc1)[C@H](OC)C1CCCCC1. The third-order valence-corrected chi connectivity index (χ3v) is 5.28. The largest absolute Gasteiger partial charge is 0.388 e. The minimum absolute atomic E-state index is 0.0896. The fourth-order valence-corrected chi connectivity index (χ4v) is 3.94. The molecule has 1 aromatic carbocycles. The van der Waals surface area contributed by atoms with E-state index < -0.39 is 6.10 Å². The van der Waals surface area contributed by atoms with Crippen LogP contribution in [-0.2, 0) is 4.74 Å².